The Labute approximate surface area is 152 Å². The predicted molar refractivity (Wildman–Crippen MR) is 93.9 cm³/mol. The second-order valence-electron chi connectivity index (χ2n) is 6.81. The molecule has 1 aliphatic rings. The van der Waals surface area contributed by atoms with Crippen molar-refractivity contribution in [3.63, 3.8) is 0 Å². The van der Waals surface area contributed by atoms with Gasteiger partial charge in [0.2, 0.25) is 11.8 Å². The highest BCUT2D eigenvalue weighted by atomic mass is 19.1. The van der Waals surface area contributed by atoms with E-state index < -0.39 is 35.7 Å². The molecule has 2 rings (SSSR count). The molecule has 1 aliphatic carbocycles. The number of nitrogens with one attached hydrogen (secondary N) is 2. The second-order valence-corrected chi connectivity index (χ2v) is 6.81. The van der Waals surface area contributed by atoms with Crippen LogP contribution in [-0.4, -0.2) is 35.0 Å². The molecular formula is C19H25FN2O4. The Morgan fingerprint density at radius 1 is 1.19 bits per heavy atom. The minimum absolute atomic E-state index is 0.0835. The van der Waals surface area contributed by atoms with Crippen LogP contribution in [0.2, 0.25) is 0 Å². The van der Waals surface area contributed by atoms with Crippen molar-refractivity contribution >= 4 is 17.8 Å². The number of rotatable bonds is 7. The van der Waals surface area contributed by atoms with Crippen LogP contribution in [0.4, 0.5) is 4.39 Å². The van der Waals surface area contributed by atoms with Gasteiger partial charge >= 0.3 is 5.97 Å². The van der Waals surface area contributed by atoms with E-state index in [4.69, 9.17) is 0 Å². The lowest BCUT2D eigenvalue weighted by molar-refractivity contribution is -0.144. The van der Waals surface area contributed by atoms with Crippen molar-refractivity contribution in [2.75, 3.05) is 0 Å². The smallest absolute Gasteiger partial charge is 0.326 e. The maximum absolute atomic E-state index is 13.4. The minimum atomic E-state index is -1.07. The van der Waals surface area contributed by atoms with Gasteiger partial charge in [0, 0.05) is 13.3 Å². The fourth-order valence-electron chi connectivity index (χ4n) is 3.46. The molecule has 2 atom stereocenters. The highest BCUT2D eigenvalue weighted by Crippen LogP contribution is 2.26. The van der Waals surface area contributed by atoms with Crippen molar-refractivity contribution in [2.24, 2.45) is 5.92 Å². The highest BCUT2D eigenvalue weighted by molar-refractivity contribution is 5.90. The summed E-state index contributed by atoms with van der Waals surface area (Å²) in [6.07, 6.45) is 4.56. The lowest BCUT2D eigenvalue weighted by Gasteiger charge is -2.29. The van der Waals surface area contributed by atoms with Gasteiger partial charge < -0.3 is 15.7 Å². The van der Waals surface area contributed by atoms with Gasteiger partial charge in [-0.2, -0.15) is 0 Å². The van der Waals surface area contributed by atoms with Crippen LogP contribution in [0, 0.1) is 11.7 Å². The van der Waals surface area contributed by atoms with Gasteiger partial charge in [0.1, 0.15) is 17.9 Å². The van der Waals surface area contributed by atoms with E-state index in [1.807, 2.05) is 0 Å². The molecule has 0 heterocycles. The molecule has 0 aliphatic heterocycles. The first-order valence-electron chi connectivity index (χ1n) is 8.91. The van der Waals surface area contributed by atoms with Crippen LogP contribution in [-0.2, 0) is 20.8 Å². The number of carboxylic acid groups (broad SMARTS) is 1. The topological polar surface area (TPSA) is 95.5 Å². The first-order valence-corrected chi connectivity index (χ1v) is 8.91. The van der Waals surface area contributed by atoms with Crippen LogP contribution in [0.25, 0.3) is 0 Å². The number of carboxylic acids is 1. The van der Waals surface area contributed by atoms with Crippen LogP contribution in [0.1, 0.15) is 44.6 Å². The van der Waals surface area contributed by atoms with Crippen molar-refractivity contribution in [1.82, 2.24) is 10.6 Å². The highest BCUT2D eigenvalue weighted by Gasteiger charge is 2.33. The molecule has 2 amide bonds. The number of hydrogen-bond donors (Lipinski definition) is 3. The average Bonchev–Trinajstić information content (AvgIpc) is 2.59. The number of carbonyl (C=O) groups is 3. The lowest BCUT2D eigenvalue weighted by atomic mass is 9.83. The Kier molecular flexibility index (Phi) is 7.12. The molecule has 26 heavy (non-hydrogen) atoms. The average molecular weight is 364 g/mol. The SMILES string of the molecule is CC(=O)N[C@H](Cc1cccc(F)c1)C(=O)N[C@@H](C(=O)O)C1CCCCC1. The second kappa shape index (κ2) is 9.31. The van der Waals surface area contributed by atoms with Crippen LogP contribution in [0.3, 0.4) is 0 Å². The number of benzene rings is 1. The molecule has 6 nitrogen and oxygen atoms in total. The van der Waals surface area contributed by atoms with E-state index in [0.29, 0.717) is 5.56 Å². The first kappa shape index (κ1) is 19.9. The Morgan fingerprint density at radius 2 is 1.88 bits per heavy atom. The maximum atomic E-state index is 13.4. The van der Waals surface area contributed by atoms with Crippen molar-refractivity contribution in [3.05, 3.63) is 35.6 Å². The zero-order valence-corrected chi connectivity index (χ0v) is 14.8. The minimum Gasteiger partial charge on any atom is -0.480 e. The van der Waals surface area contributed by atoms with Crippen LogP contribution >= 0.6 is 0 Å². The summed E-state index contributed by atoms with van der Waals surface area (Å²) in [6, 6.07) is 3.82. The molecular weight excluding hydrogens is 339 g/mol. The summed E-state index contributed by atoms with van der Waals surface area (Å²) < 4.78 is 13.4. The largest absolute Gasteiger partial charge is 0.480 e. The molecule has 7 heteroatoms. The fourth-order valence-corrected chi connectivity index (χ4v) is 3.46. The van der Waals surface area contributed by atoms with Crippen molar-refractivity contribution in [3.8, 4) is 0 Å². The summed E-state index contributed by atoms with van der Waals surface area (Å²) in [6.45, 7) is 1.28. The predicted octanol–water partition coefficient (Wildman–Crippen LogP) is 2.02. The van der Waals surface area contributed by atoms with E-state index in [-0.39, 0.29) is 12.3 Å². The summed E-state index contributed by atoms with van der Waals surface area (Å²) in [5.41, 5.74) is 0.545. The van der Waals surface area contributed by atoms with E-state index in [1.165, 1.54) is 25.1 Å². The Morgan fingerprint density at radius 3 is 2.46 bits per heavy atom. The van der Waals surface area contributed by atoms with Gasteiger partial charge in [-0.05, 0) is 36.5 Å². The van der Waals surface area contributed by atoms with Gasteiger partial charge in [-0.1, -0.05) is 31.4 Å². The summed E-state index contributed by atoms with van der Waals surface area (Å²) in [5, 5.41) is 14.6. The Hall–Kier alpha value is -2.44. The van der Waals surface area contributed by atoms with Gasteiger partial charge in [0.05, 0.1) is 0 Å². The van der Waals surface area contributed by atoms with Crippen molar-refractivity contribution in [1.29, 1.82) is 0 Å². The molecule has 1 fully saturated rings. The fraction of sp³-hybridized carbons (Fsp3) is 0.526. The number of carbonyl (C=O) groups excluding carboxylic acids is 2. The third-order valence-electron chi connectivity index (χ3n) is 4.71. The van der Waals surface area contributed by atoms with E-state index in [2.05, 4.69) is 10.6 Å². The van der Waals surface area contributed by atoms with Crippen LogP contribution in [0.5, 0.6) is 0 Å². The summed E-state index contributed by atoms with van der Waals surface area (Å²) >= 11 is 0. The van der Waals surface area contributed by atoms with Gasteiger partial charge in [-0.15, -0.1) is 0 Å². The van der Waals surface area contributed by atoms with E-state index in [9.17, 15) is 23.9 Å². The third-order valence-corrected chi connectivity index (χ3v) is 4.71. The van der Waals surface area contributed by atoms with Crippen molar-refractivity contribution < 1.29 is 23.9 Å². The number of aliphatic carboxylic acids is 1. The van der Waals surface area contributed by atoms with E-state index in [0.717, 1.165) is 32.1 Å². The quantitative estimate of drug-likeness (QED) is 0.690. The standard InChI is InChI=1S/C19H25FN2O4/c1-12(23)21-16(11-13-6-5-9-15(20)10-13)18(24)22-17(19(25)26)14-7-3-2-4-8-14/h5-6,9-10,14,16-17H,2-4,7-8,11H2,1H3,(H,21,23)(H,22,24)(H,25,26)/t16-,17-/m1/s1. The van der Waals surface area contributed by atoms with Gasteiger partial charge in [0.25, 0.3) is 0 Å². The summed E-state index contributed by atoms with van der Waals surface area (Å²) in [7, 11) is 0. The number of amides is 2. The third kappa shape index (κ3) is 5.82. The molecule has 0 unspecified atom stereocenters. The molecule has 0 bridgehead atoms. The molecule has 142 valence electrons. The Bertz CT molecular complexity index is 659. The molecule has 3 N–H and O–H groups in total. The summed E-state index contributed by atoms with van der Waals surface area (Å²) in [4.78, 5) is 35.7. The van der Waals surface area contributed by atoms with Gasteiger partial charge in [0.15, 0.2) is 0 Å². The monoisotopic (exact) mass is 364 g/mol. The first-order chi connectivity index (χ1) is 12.4. The molecule has 0 saturated heterocycles. The van der Waals surface area contributed by atoms with Gasteiger partial charge in [-0.3, -0.25) is 9.59 Å². The molecule has 1 aromatic carbocycles. The lowest BCUT2D eigenvalue weighted by Crippen LogP contribution is -2.54. The molecule has 0 spiro atoms. The molecule has 1 aromatic rings. The molecule has 0 radical (unpaired) electrons. The van der Waals surface area contributed by atoms with Crippen LogP contribution < -0.4 is 10.6 Å². The molecule has 0 aromatic heterocycles. The molecule has 1 saturated carbocycles. The maximum Gasteiger partial charge on any atom is 0.326 e. The van der Waals surface area contributed by atoms with Crippen LogP contribution in [0.15, 0.2) is 24.3 Å². The zero-order valence-electron chi connectivity index (χ0n) is 14.8. The number of hydrogen-bond acceptors (Lipinski definition) is 3. The van der Waals surface area contributed by atoms with E-state index >= 15 is 0 Å². The normalized spacial score (nSPS) is 17.2. The summed E-state index contributed by atoms with van der Waals surface area (Å²) in [5.74, 6) is -2.60. The van der Waals surface area contributed by atoms with Crippen molar-refractivity contribution in [2.45, 2.75) is 57.5 Å². The zero-order chi connectivity index (χ0) is 19.1. The van der Waals surface area contributed by atoms with E-state index in [1.54, 1.807) is 6.07 Å². The number of halogens is 1. The van der Waals surface area contributed by atoms with Gasteiger partial charge in [-0.25, -0.2) is 9.18 Å². The Balaban J connectivity index is 2.10.